The molecule has 1 atom stereocenters. The number of anilines is 2. The smallest absolute Gasteiger partial charge is 0.226 e. The molecular weight excluding hydrogens is 323 g/mol. The van der Waals surface area contributed by atoms with Crippen LogP contribution in [-0.2, 0) is 16.1 Å². The Labute approximate surface area is 146 Å². The molecule has 1 heterocycles. The average molecular weight is 344 g/mol. The van der Waals surface area contributed by atoms with Crippen molar-refractivity contribution >= 4 is 17.3 Å². The number of β-amino-alcohol motifs (C(OH)–C–C–N with tert-alkyl or cyclic N) is 1. The van der Waals surface area contributed by atoms with Crippen LogP contribution in [0.5, 0.6) is 0 Å². The molecule has 3 rings (SSSR count). The molecule has 1 aliphatic heterocycles. The van der Waals surface area contributed by atoms with Crippen LogP contribution in [0.15, 0.2) is 48.5 Å². The van der Waals surface area contributed by atoms with E-state index in [4.69, 9.17) is 4.74 Å². The average Bonchev–Trinajstić information content (AvgIpc) is 2.74. The zero-order valence-corrected chi connectivity index (χ0v) is 13.8. The van der Waals surface area contributed by atoms with E-state index in [0.717, 1.165) is 5.56 Å². The first-order valence-electron chi connectivity index (χ1n) is 8.26. The van der Waals surface area contributed by atoms with Gasteiger partial charge in [-0.25, -0.2) is 4.39 Å². The van der Waals surface area contributed by atoms with Crippen molar-refractivity contribution in [3.63, 3.8) is 0 Å². The maximum Gasteiger partial charge on any atom is 0.226 e. The summed E-state index contributed by atoms with van der Waals surface area (Å²) < 4.78 is 19.0. The quantitative estimate of drug-likeness (QED) is 0.845. The van der Waals surface area contributed by atoms with E-state index in [0.29, 0.717) is 31.1 Å². The molecule has 0 fully saturated rings. The summed E-state index contributed by atoms with van der Waals surface area (Å²) >= 11 is 0. The molecule has 0 bridgehead atoms. The molecule has 1 aliphatic rings. The van der Waals surface area contributed by atoms with Crippen molar-refractivity contribution in [2.75, 3.05) is 29.9 Å². The highest BCUT2D eigenvalue weighted by atomic mass is 19.1. The summed E-state index contributed by atoms with van der Waals surface area (Å²) in [6.07, 6.45) is -0.428. The normalized spacial score (nSPS) is 15.3. The van der Waals surface area contributed by atoms with E-state index in [1.54, 1.807) is 6.07 Å². The Kier molecular flexibility index (Phi) is 5.63. The third-order valence-electron chi connectivity index (χ3n) is 4.04. The fourth-order valence-corrected chi connectivity index (χ4v) is 2.84. The first-order valence-corrected chi connectivity index (χ1v) is 8.26. The highest BCUT2D eigenvalue weighted by Gasteiger charge is 2.21. The molecule has 2 aromatic carbocycles. The summed E-state index contributed by atoms with van der Waals surface area (Å²) in [5.41, 5.74) is 2.18. The number of hydrogen-bond acceptors (Lipinski definition) is 4. The predicted octanol–water partition coefficient (Wildman–Crippen LogP) is 2.55. The van der Waals surface area contributed by atoms with Gasteiger partial charge in [-0.15, -0.1) is 0 Å². The summed E-state index contributed by atoms with van der Waals surface area (Å²) in [5, 5.41) is 13.0. The lowest BCUT2D eigenvalue weighted by Crippen LogP contribution is -2.35. The van der Waals surface area contributed by atoms with Gasteiger partial charge in [0.05, 0.1) is 30.7 Å². The van der Waals surface area contributed by atoms with Gasteiger partial charge in [0.25, 0.3) is 0 Å². The van der Waals surface area contributed by atoms with Crippen molar-refractivity contribution < 1.29 is 19.0 Å². The lowest BCUT2D eigenvalue weighted by Gasteiger charge is -2.26. The van der Waals surface area contributed by atoms with Gasteiger partial charge in [0.15, 0.2) is 0 Å². The minimum absolute atomic E-state index is 0.163. The third-order valence-corrected chi connectivity index (χ3v) is 4.04. The highest BCUT2D eigenvalue weighted by molar-refractivity contribution is 5.96. The van der Waals surface area contributed by atoms with Gasteiger partial charge in [-0.05, 0) is 23.8 Å². The highest BCUT2D eigenvalue weighted by Crippen LogP contribution is 2.29. The molecule has 25 heavy (non-hydrogen) atoms. The van der Waals surface area contributed by atoms with E-state index >= 15 is 0 Å². The number of nitrogens with one attached hydrogen (secondary N) is 1. The number of benzene rings is 2. The number of carbonyl (C=O) groups excluding carboxylic acids is 1. The predicted molar refractivity (Wildman–Crippen MR) is 94.0 cm³/mol. The summed E-state index contributed by atoms with van der Waals surface area (Å²) in [4.78, 5) is 13.6. The van der Waals surface area contributed by atoms with Crippen molar-refractivity contribution in [1.29, 1.82) is 0 Å². The molecule has 0 aromatic heterocycles. The zero-order valence-electron chi connectivity index (χ0n) is 13.8. The van der Waals surface area contributed by atoms with Crippen molar-refractivity contribution in [1.82, 2.24) is 0 Å². The van der Waals surface area contributed by atoms with Crippen molar-refractivity contribution in [3.05, 3.63) is 59.9 Å². The molecule has 2 aromatic rings. The third kappa shape index (κ3) is 4.78. The summed E-state index contributed by atoms with van der Waals surface area (Å²) in [6, 6.07) is 14.0. The summed E-state index contributed by atoms with van der Waals surface area (Å²) in [6.45, 7) is 1.38. The number of aliphatic hydroxyl groups is 1. The standard InChI is InChI=1S/C19H21FN2O3/c20-15-6-7-18-17(10-15)21-19(24)8-9-22(18)11-16(23)13-25-12-14-4-2-1-3-5-14/h1-7,10,16,23H,8-9,11-13H2,(H,21,24). The largest absolute Gasteiger partial charge is 0.389 e. The molecule has 0 saturated carbocycles. The van der Waals surface area contributed by atoms with Crippen LogP contribution in [0.2, 0.25) is 0 Å². The first kappa shape index (κ1) is 17.4. The number of nitrogens with zero attached hydrogens (tertiary/aromatic N) is 1. The molecule has 0 aliphatic carbocycles. The van der Waals surface area contributed by atoms with Crippen molar-refractivity contribution in [2.24, 2.45) is 0 Å². The Bertz CT molecular complexity index is 724. The SMILES string of the molecule is O=C1CCN(CC(O)COCc2ccccc2)c2ccc(F)cc2N1. The van der Waals surface area contributed by atoms with E-state index in [-0.39, 0.29) is 18.9 Å². The molecule has 1 amide bonds. The number of aliphatic hydroxyl groups excluding tert-OH is 1. The molecule has 132 valence electrons. The van der Waals surface area contributed by atoms with Gasteiger partial charge < -0.3 is 20.1 Å². The van der Waals surface area contributed by atoms with E-state index < -0.39 is 11.9 Å². The Morgan fingerprint density at radius 2 is 2.04 bits per heavy atom. The van der Waals surface area contributed by atoms with Crippen LogP contribution in [0.3, 0.4) is 0 Å². The lowest BCUT2D eigenvalue weighted by molar-refractivity contribution is -0.116. The van der Waals surface area contributed by atoms with Crippen LogP contribution >= 0.6 is 0 Å². The fraction of sp³-hybridized carbons (Fsp3) is 0.316. The second-order valence-corrected chi connectivity index (χ2v) is 6.06. The van der Waals surface area contributed by atoms with Gasteiger partial charge in [-0.2, -0.15) is 0 Å². The van der Waals surface area contributed by atoms with Gasteiger partial charge in [-0.1, -0.05) is 30.3 Å². The Balaban J connectivity index is 1.59. The van der Waals surface area contributed by atoms with Crippen LogP contribution in [-0.4, -0.2) is 36.8 Å². The molecular formula is C19H21FN2O3. The van der Waals surface area contributed by atoms with Crippen molar-refractivity contribution in [3.8, 4) is 0 Å². The number of rotatable bonds is 6. The summed E-state index contributed by atoms with van der Waals surface area (Å²) in [5.74, 6) is -0.572. The maximum absolute atomic E-state index is 13.4. The number of amides is 1. The van der Waals surface area contributed by atoms with E-state index in [1.165, 1.54) is 12.1 Å². The second kappa shape index (κ2) is 8.09. The lowest BCUT2D eigenvalue weighted by atomic mass is 10.2. The monoisotopic (exact) mass is 344 g/mol. The topological polar surface area (TPSA) is 61.8 Å². The van der Waals surface area contributed by atoms with Crippen LogP contribution in [0.1, 0.15) is 12.0 Å². The molecule has 6 heteroatoms. The zero-order chi connectivity index (χ0) is 17.6. The van der Waals surface area contributed by atoms with Gasteiger partial charge >= 0.3 is 0 Å². The molecule has 0 saturated heterocycles. The number of halogens is 1. The first-order chi connectivity index (χ1) is 12.1. The van der Waals surface area contributed by atoms with Gasteiger partial charge in [0.1, 0.15) is 5.82 Å². The van der Waals surface area contributed by atoms with E-state index in [2.05, 4.69) is 5.32 Å². The second-order valence-electron chi connectivity index (χ2n) is 6.06. The van der Waals surface area contributed by atoms with Crippen LogP contribution < -0.4 is 10.2 Å². The number of carbonyl (C=O) groups is 1. The Morgan fingerprint density at radius 1 is 1.24 bits per heavy atom. The molecule has 2 N–H and O–H groups in total. The minimum atomic E-state index is -0.713. The van der Waals surface area contributed by atoms with Gasteiger partial charge in [0.2, 0.25) is 5.91 Å². The minimum Gasteiger partial charge on any atom is -0.389 e. The van der Waals surface area contributed by atoms with Crippen molar-refractivity contribution in [2.45, 2.75) is 19.1 Å². The maximum atomic E-state index is 13.4. The Hall–Kier alpha value is -2.44. The number of hydrogen-bond donors (Lipinski definition) is 2. The molecule has 1 unspecified atom stereocenters. The van der Waals surface area contributed by atoms with E-state index in [1.807, 2.05) is 35.2 Å². The summed E-state index contributed by atoms with van der Waals surface area (Å²) in [7, 11) is 0. The molecule has 0 spiro atoms. The van der Waals surface area contributed by atoms with E-state index in [9.17, 15) is 14.3 Å². The molecule has 0 radical (unpaired) electrons. The number of fused-ring (bicyclic) bond motifs is 1. The van der Waals surface area contributed by atoms with Crippen LogP contribution in [0, 0.1) is 5.82 Å². The Morgan fingerprint density at radius 3 is 2.84 bits per heavy atom. The van der Waals surface area contributed by atoms with Crippen LogP contribution in [0.4, 0.5) is 15.8 Å². The van der Waals surface area contributed by atoms with Gasteiger partial charge in [0, 0.05) is 19.5 Å². The molecule has 5 nitrogen and oxygen atoms in total. The number of ether oxygens (including phenoxy) is 1. The van der Waals surface area contributed by atoms with Gasteiger partial charge in [-0.3, -0.25) is 4.79 Å². The van der Waals surface area contributed by atoms with Crippen LogP contribution in [0.25, 0.3) is 0 Å². The fourth-order valence-electron chi connectivity index (χ4n) is 2.84.